The molecule has 11 heteroatoms. The molecule has 2 aromatic rings. The maximum Gasteiger partial charge on any atom is 0.348 e. The van der Waals surface area contributed by atoms with Crippen molar-refractivity contribution in [1.82, 2.24) is 10.6 Å². The van der Waals surface area contributed by atoms with E-state index in [1.807, 2.05) is 12.1 Å². The fraction of sp³-hybridized carbons (Fsp3) is 0.600. The number of aliphatic carboxylic acids is 1. The van der Waals surface area contributed by atoms with Gasteiger partial charge in [0, 0.05) is 5.92 Å². The molecule has 4 fully saturated rings. The van der Waals surface area contributed by atoms with Crippen molar-refractivity contribution in [3.63, 3.8) is 0 Å². The van der Waals surface area contributed by atoms with E-state index in [4.69, 9.17) is 24.1 Å². The zero-order valence-corrected chi connectivity index (χ0v) is 30.2. The number of carbonyl (C=O) groups is 4. The van der Waals surface area contributed by atoms with E-state index in [1.165, 1.54) is 18.8 Å². The summed E-state index contributed by atoms with van der Waals surface area (Å²) in [5.74, 6) is 0.523. The van der Waals surface area contributed by atoms with Gasteiger partial charge in [0.2, 0.25) is 11.6 Å². The third-order valence-corrected chi connectivity index (χ3v) is 11.2. The van der Waals surface area contributed by atoms with Crippen molar-refractivity contribution in [1.29, 1.82) is 0 Å². The predicted octanol–water partition coefficient (Wildman–Crippen LogP) is 6.17. The lowest BCUT2D eigenvalue weighted by Gasteiger charge is -2.46. The number of amides is 1. The Hall–Kier alpha value is -4.12. The zero-order valence-electron chi connectivity index (χ0n) is 30.2. The van der Waals surface area contributed by atoms with Gasteiger partial charge in [-0.2, -0.15) is 0 Å². The van der Waals surface area contributed by atoms with Crippen LogP contribution < -0.4 is 24.8 Å². The lowest BCUT2D eigenvalue weighted by molar-refractivity contribution is -0.169. The van der Waals surface area contributed by atoms with Gasteiger partial charge in [0.15, 0.2) is 18.1 Å². The highest BCUT2D eigenvalue weighted by molar-refractivity contribution is 5.95. The van der Waals surface area contributed by atoms with Crippen molar-refractivity contribution in [2.24, 2.45) is 23.7 Å². The molecule has 4 aliphatic rings. The number of methoxy groups -OCH3 is 2. The summed E-state index contributed by atoms with van der Waals surface area (Å²) in [5.41, 5.74) is -0.224. The van der Waals surface area contributed by atoms with Crippen LogP contribution in [0.3, 0.4) is 0 Å². The molecule has 0 spiro atoms. The maximum atomic E-state index is 14.3. The second-order valence-electron chi connectivity index (χ2n) is 14.4. The Labute approximate surface area is 301 Å². The molecule has 51 heavy (non-hydrogen) atoms. The molecule has 0 bridgehead atoms. The van der Waals surface area contributed by atoms with Crippen molar-refractivity contribution in [2.45, 2.75) is 102 Å². The third-order valence-electron chi connectivity index (χ3n) is 11.2. The first-order valence-electron chi connectivity index (χ1n) is 18.6. The Bertz CT molecular complexity index is 1500. The smallest absolute Gasteiger partial charge is 0.348 e. The monoisotopic (exact) mass is 706 g/mol. The summed E-state index contributed by atoms with van der Waals surface area (Å²) in [5, 5.41) is 15.2. The number of Topliss-reactive ketones (excluding diaryl/α,β-unsaturated/α-hetero) is 1. The number of piperidine rings is 1. The first kappa shape index (κ1) is 38.1. The molecule has 3 atom stereocenters. The lowest BCUT2D eigenvalue weighted by Crippen LogP contribution is -2.72. The minimum absolute atomic E-state index is 0.214. The topological polar surface area (TPSA) is 149 Å². The Kier molecular flexibility index (Phi) is 13.4. The van der Waals surface area contributed by atoms with Crippen LogP contribution in [0.4, 0.5) is 0 Å². The average molecular weight is 707 g/mol. The fourth-order valence-electron chi connectivity index (χ4n) is 7.86. The van der Waals surface area contributed by atoms with Crippen LogP contribution in [0.25, 0.3) is 0 Å². The second-order valence-corrected chi connectivity index (χ2v) is 14.4. The van der Waals surface area contributed by atoms with Gasteiger partial charge < -0.3 is 29.4 Å². The molecule has 3 unspecified atom stereocenters. The van der Waals surface area contributed by atoms with Gasteiger partial charge in [-0.1, -0.05) is 37.5 Å². The van der Waals surface area contributed by atoms with Crippen molar-refractivity contribution in [3.05, 3.63) is 53.6 Å². The number of nitrogens with one attached hydrogen (secondary N) is 2. The molecule has 1 heterocycles. The number of carbonyl (C=O) groups excluding carboxylic acids is 3. The summed E-state index contributed by atoms with van der Waals surface area (Å²) >= 11 is 0. The molecule has 1 amide bonds. The number of ketones is 1. The van der Waals surface area contributed by atoms with Crippen LogP contribution in [-0.4, -0.2) is 61.8 Å². The Morgan fingerprint density at radius 2 is 1.59 bits per heavy atom. The van der Waals surface area contributed by atoms with E-state index in [0.29, 0.717) is 55.0 Å². The number of rotatable bonds is 14. The van der Waals surface area contributed by atoms with Gasteiger partial charge in [0.1, 0.15) is 17.6 Å². The molecule has 0 aromatic heterocycles. The van der Waals surface area contributed by atoms with Gasteiger partial charge in [0.25, 0.3) is 0 Å². The number of hydrogen-bond donors (Lipinski definition) is 3. The number of carboxylic acids is 1. The Morgan fingerprint density at radius 3 is 2.20 bits per heavy atom. The van der Waals surface area contributed by atoms with E-state index in [2.05, 4.69) is 10.6 Å². The predicted molar refractivity (Wildman–Crippen MR) is 191 cm³/mol. The largest absolute Gasteiger partial charge is 0.493 e. The van der Waals surface area contributed by atoms with Crippen LogP contribution in [0, 0.1) is 23.7 Å². The fourth-order valence-corrected chi connectivity index (χ4v) is 7.86. The molecule has 3 aliphatic carbocycles. The average Bonchev–Trinajstić information content (AvgIpc) is 3.14. The van der Waals surface area contributed by atoms with E-state index in [9.17, 15) is 19.2 Å². The number of fused-ring (bicyclic) bond motifs is 1. The number of hydrogen-bond acceptors (Lipinski definition) is 9. The quantitative estimate of drug-likeness (QED) is 0.195. The van der Waals surface area contributed by atoms with Crippen molar-refractivity contribution >= 4 is 23.6 Å². The first-order valence-corrected chi connectivity index (χ1v) is 18.6. The molecule has 2 aromatic carbocycles. The van der Waals surface area contributed by atoms with Crippen LogP contribution in [0.1, 0.15) is 101 Å². The van der Waals surface area contributed by atoms with Crippen molar-refractivity contribution in [3.8, 4) is 17.2 Å². The summed E-state index contributed by atoms with van der Waals surface area (Å²) in [6, 6.07) is 12.3. The Morgan fingerprint density at radius 1 is 0.882 bits per heavy atom. The number of aryl methyl sites for hydroxylation is 1. The van der Waals surface area contributed by atoms with Gasteiger partial charge in [-0.05, 0) is 125 Å². The van der Waals surface area contributed by atoms with Gasteiger partial charge in [0.05, 0.1) is 20.1 Å². The summed E-state index contributed by atoms with van der Waals surface area (Å²) < 4.78 is 22.5. The van der Waals surface area contributed by atoms with E-state index >= 15 is 0 Å². The summed E-state index contributed by atoms with van der Waals surface area (Å²) in [6.07, 6.45) is 11.8. The van der Waals surface area contributed by atoms with Crippen LogP contribution in [0.2, 0.25) is 0 Å². The molecule has 6 rings (SSSR count). The number of benzene rings is 2. The summed E-state index contributed by atoms with van der Waals surface area (Å²) in [7, 11) is 3.11. The van der Waals surface area contributed by atoms with Gasteiger partial charge in [-0.3, -0.25) is 14.9 Å². The molecule has 1 saturated heterocycles. The minimum Gasteiger partial charge on any atom is -0.493 e. The van der Waals surface area contributed by atoms with E-state index in [0.717, 1.165) is 37.7 Å². The van der Waals surface area contributed by atoms with Crippen molar-refractivity contribution < 1.29 is 43.2 Å². The molecule has 3 saturated carbocycles. The number of ether oxygens (including phenoxy) is 4. The minimum atomic E-state index is -1.71. The highest BCUT2D eigenvalue weighted by Crippen LogP contribution is 2.49. The lowest BCUT2D eigenvalue weighted by atomic mass is 9.60. The van der Waals surface area contributed by atoms with Gasteiger partial charge in [-0.25, -0.2) is 9.59 Å². The van der Waals surface area contributed by atoms with Crippen LogP contribution in [0.15, 0.2) is 42.5 Å². The Balaban J connectivity index is 0.000000748. The third kappa shape index (κ3) is 9.61. The summed E-state index contributed by atoms with van der Waals surface area (Å²) in [4.78, 5) is 51.9. The highest BCUT2D eigenvalue weighted by Gasteiger charge is 2.53. The first-order chi connectivity index (χ1) is 24.6. The van der Waals surface area contributed by atoms with Crippen LogP contribution in [0.5, 0.6) is 17.2 Å². The SMILES string of the molecule is C1CC2CCC12.COc1ccc(CCC(OC(=O)C2(NC(=O)C3CCCCC3)NCCCC2C(C)=O)c2cccc(OCC(=O)O)c2)cc1OC. The van der Waals surface area contributed by atoms with Gasteiger partial charge >= 0.3 is 11.9 Å². The highest BCUT2D eigenvalue weighted by atomic mass is 16.5. The molecule has 0 radical (unpaired) electrons. The normalized spacial score (nSPS) is 24.5. The van der Waals surface area contributed by atoms with E-state index < -0.39 is 36.2 Å². The van der Waals surface area contributed by atoms with Crippen molar-refractivity contribution in [2.75, 3.05) is 27.4 Å². The molecule has 1 aliphatic heterocycles. The van der Waals surface area contributed by atoms with E-state index in [-0.39, 0.29) is 17.6 Å². The maximum absolute atomic E-state index is 14.3. The molecular weight excluding hydrogens is 652 g/mol. The van der Waals surface area contributed by atoms with Crippen LogP contribution in [-0.2, 0) is 30.3 Å². The zero-order chi connectivity index (χ0) is 36.4. The standard InChI is InChI=1S/C34H44N2O9.C6H10/c1-22(37)27-13-8-18-35-34(27,36-32(40)24-9-5-4-6-10-24)33(41)45-28(25-11-7-12-26(20-25)44-21-31(38)39)16-14-23-15-17-29(42-2)30(19-23)43-3;1-2-6-4-3-5(1)6/h7,11-12,15,17,19-20,24,27-28,35H,4-6,8-10,13-14,16,18,21H2,1-3H3,(H,36,40)(H,38,39);5-6H,1-4H2. The molecule has 278 valence electrons. The van der Waals surface area contributed by atoms with E-state index in [1.54, 1.807) is 70.2 Å². The number of esters is 1. The molecule has 11 nitrogen and oxygen atoms in total. The summed E-state index contributed by atoms with van der Waals surface area (Å²) in [6.45, 7) is 1.34. The number of carboxylic acid groups (broad SMARTS) is 1. The van der Waals surface area contributed by atoms with Gasteiger partial charge in [-0.15, -0.1) is 0 Å². The molecule has 3 N–H and O–H groups in total. The van der Waals surface area contributed by atoms with Crippen LogP contribution >= 0.6 is 0 Å². The second kappa shape index (κ2) is 17.9. The molecular formula is C40H54N2O9.